The van der Waals surface area contributed by atoms with Crippen LogP contribution in [0.25, 0.3) is 0 Å². The van der Waals surface area contributed by atoms with E-state index in [2.05, 4.69) is 42.4 Å². The molecule has 3 nitrogen and oxygen atoms in total. The summed E-state index contributed by atoms with van der Waals surface area (Å²) in [6, 6.07) is 1.62. The van der Waals surface area contributed by atoms with Gasteiger partial charge in [0.2, 0.25) is 0 Å². The lowest BCUT2D eigenvalue weighted by atomic mass is 9.71. The summed E-state index contributed by atoms with van der Waals surface area (Å²) in [6.07, 6.45) is 4.16. The number of nitrogens with zero attached hydrogens (tertiary/aromatic N) is 3. The first-order valence-corrected chi connectivity index (χ1v) is 9.18. The molecule has 3 aliphatic heterocycles. The fraction of sp³-hybridized carbons (Fsp3) is 1.00. The van der Waals surface area contributed by atoms with Gasteiger partial charge in [0.25, 0.3) is 0 Å². The predicted octanol–water partition coefficient (Wildman–Crippen LogP) is 2.52. The molecule has 3 heterocycles. The van der Waals surface area contributed by atoms with Gasteiger partial charge in [-0.15, -0.1) is 0 Å². The molecule has 0 atom stereocenters. The van der Waals surface area contributed by atoms with Crippen LogP contribution in [0, 0.1) is 11.3 Å². The van der Waals surface area contributed by atoms with Crippen LogP contribution in [0.15, 0.2) is 0 Å². The third kappa shape index (κ3) is 3.46. The van der Waals surface area contributed by atoms with Crippen LogP contribution in [0.1, 0.15) is 47.0 Å². The van der Waals surface area contributed by atoms with Crippen molar-refractivity contribution in [1.29, 1.82) is 0 Å². The molecule has 0 radical (unpaired) electrons. The fourth-order valence-corrected chi connectivity index (χ4v) is 4.54. The molecule has 3 saturated heterocycles. The second-order valence-electron chi connectivity index (χ2n) is 8.66. The topological polar surface area (TPSA) is 9.72 Å². The number of piperidine rings is 1. The summed E-state index contributed by atoms with van der Waals surface area (Å²) in [5.41, 5.74) is 0.701. The molecule has 0 unspecified atom stereocenters. The monoisotopic (exact) mass is 293 g/mol. The highest BCUT2D eigenvalue weighted by atomic mass is 15.3. The first-order valence-electron chi connectivity index (χ1n) is 9.18. The van der Waals surface area contributed by atoms with Gasteiger partial charge in [0.15, 0.2) is 0 Å². The molecule has 1 spiro atoms. The SMILES string of the molecule is CC(C)CCN1CC2(C1)CN(C1CCN(C(C)C)CC1)C2. The van der Waals surface area contributed by atoms with E-state index in [1.165, 1.54) is 65.1 Å². The van der Waals surface area contributed by atoms with Crippen molar-refractivity contribution in [3.8, 4) is 0 Å². The predicted molar refractivity (Wildman–Crippen MR) is 89.6 cm³/mol. The van der Waals surface area contributed by atoms with Gasteiger partial charge in [-0.2, -0.15) is 0 Å². The standard InChI is InChI=1S/C18H35N3/c1-15(2)5-8-19-11-18(12-19)13-21(14-18)17-6-9-20(10-7-17)16(3)4/h15-17H,5-14H2,1-4H3. The summed E-state index contributed by atoms with van der Waals surface area (Å²) < 4.78 is 0. The quantitative estimate of drug-likeness (QED) is 0.771. The van der Waals surface area contributed by atoms with E-state index in [1.807, 2.05) is 0 Å². The normalized spacial score (nSPS) is 28.3. The van der Waals surface area contributed by atoms with Crippen LogP contribution < -0.4 is 0 Å². The molecule has 21 heavy (non-hydrogen) atoms. The fourth-order valence-electron chi connectivity index (χ4n) is 4.54. The second-order valence-corrected chi connectivity index (χ2v) is 8.66. The summed E-state index contributed by atoms with van der Waals surface area (Å²) >= 11 is 0. The van der Waals surface area contributed by atoms with Gasteiger partial charge in [0.05, 0.1) is 0 Å². The lowest BCUT2D eigenvalue weighted by Gasteiger charge is -2.63. The smallest absolute Gasteiger partial charge is 0.0212 e. The van der Waals surface area contributed by atoms with E-state index in [0.717, 1.165) is 18.0 Å². The highest BCUT2D eigenvalue weighted by molar-refractivity contribution is 5.07. The van der Waals surface area contributed by atoms with Crippen LogP contribution in [0.3, 0.4) is 0 Å². The van der Waals surface area contributed by atoms with Gasteiger partial charge < -0.3 is 9.80 Å². The molecule has 0 aliphatic carbocycles. The van der Waals surface area contributed by atoms with Crippen molar-refractivity contribution in [3.05, 3.63) is 0 Å². The molecule has 0 aromatic carbocycles. The van der Waals surface area contributed by atoms with E-state index in [-0.39, 0.29) is 0 Å². The minimum atomic E-state index is 0.701. The zero-order valence-electron chi connectivity index (χ0n) is 14.6. The van der Waals surface area contributed by atoms with Crippen LogP contribution in [0.5, 0.6) is 0 Å². The van der Waals surface area contributed by atoms with E-state index in [0.29, 0.717) is 5.41 Å². The molecule has 3 fully saturated rings. The van der Waals surface area contributed by atoms with Crippen LogP contribution >= 0.6 is 0 Å². The molecule has 3 aliphatic rings. The second kappa shape index (κ2) is 6.17. The third-order valence-corrected chi connectivity index (χ3v) is 5.96. The molecule has 0 saturated carbocycles. The maximum absolute atomic E-state index is 2.79. The summed E-state index contributed by atoms with van der Waals surface area (Å²) in [5.74, 6) is 0.852. The first-order chi connectivity index (χ1) is 9.97. The average molecular weight is 293 g/mol. The van der Waals surface area contributed by atoms with Crippen molar-refractivity contribution in [2.75, 3.05) is 45.8 Å². The van der Waals surface area contributed by atoms with Crippen molar-refractivity contribution >= 4 is 0 Å². The molecule has 0 aromatic rings. The maximum atomic E-state index is 2.79. The molecule has 0 aromatic heterocycles. The minimum Gasteiger partial charge on any atom is -0.302 e. The molecular weight excluding hydrogens is 258 g/mol. The van der Waals surface area contributed by atoms with Crippen molar-refractivity contribution in [2.45, 2.75) is 59.0 Å². The Hall–Kier alpha value is -0.120. The summed E-state index contributed by atoms with van der Waals surface area (Å²) in [6.45, 7) is 18.8. The van der Waals surface area contributed by atoms with Crippen LogP contribution in [-0.2, 0) is 0 Å². The molecule has 0 amide bonds. The van der Waals surface area contributed by atoms with Gasteiger partial charge in [-0.3, -0.25) is 4.90 Å². The van der Waals surface area contributed by atoms with E-state index >= 15 is 0 Å². The number of hydrogen-bond acceptors (Lipinski definition) is 3. The molecular formula is C18H35N3. The molecule has 3 rings (SSSR count). The van der Waals surface area contributed by atoms with Gasteiger partial charge in [-0.1, -0.05) is 13.8 Å². The average Bonchev–Trinajstić information content (AvgIpc) is 2.35. The highest BCUT2D eigenvalue weighted by Gasteiger charge is 2.52. The van der Waals surface area contributed by atoms with E-state index in [4.69, 9.17) is 0 Å². The number of rotatable bonds is 5. The number of likely N-dealkylation sites (tertiary alicyclic amines) is 3. The Morgan fingerprint density at radius 1 is 0.952 bits per heavy atom. The lowest BCUT2D eigenvalue weighted by molar-refractivity contribution is -0.137. The van der Waals surface area contributed by atoms with E-state index in [9.17, 15) is 0 Å². The Kier molecular flexibility index (Phi) is 4.63. The maximum Gasteiger partial charge on any atom is 0.0212 e. The van der Waals surface area contributed by atoms with Crippen LogP contribution in [0.4, 0.5) is 0 Å². The van der Waals surface area contributed by atoms with Gasteiger partial charge in [-0.25, -0.2) is 0 Å². The van der Waals surface area contributed by atoms with Crippen molar-refractivity contribution in [3.63, 3.8) is 0 Å². The summed E-state index contributed by atoms with van der Waals surface area (Å²) in [7, 11) is 0. The molecule has 3 heteroatoms. The first kappa shape index (κ1) is 15.8. The highest BCUT2D eigenvalue weighted by Crippen LogP contribution is 2.42. The molecule has 122 valence electrons. The third-order valence-electron chi connectivity index (χ3n) is 5.96. The molecule has 0 bridgehead atoms. The molecule has 0 N–H and O–H groups in total. The van der Waals surface area contributed by atoms with Crippen molar-refractivity contribution in [1.82, 2.24) is 14.7 Å². The van der Waals surface area contributed by atoms with Gasteiger partial charge in [-0.05, 0) is 58.7 Å². The van der Waals surface area contributed by atoms with Gasteiger partial charge in [0, 0.05) is 43.7 Å². The minimum absolute atomic E-state index is 0.701. The van der Waals surface area contributed by atoms with Crippen LogP contribution in [-0.4, -0.2) is 72.6 Å². The summed E-state index contributed by atoms with van der Waals surface area (Å²) in [5, 5.41) is 0. The Morgan fingerprint density at radius 2 is 1.57 bits per heavy atom. The van der Waals surface area contributed by atoms with Crippen LogP contribution in [0.2, 0.25) is 0 Å². The van der Waals surface area contributed by atoms with E-state index in [1.54, 1.807) is 0 Å². The number of hydrogen-bond donors (Lipinski definition) is 0. The van der Waals surface area contributed by atoms with E-state index < -0.39 is 0 Å². The Morgan fingerprint density at radius 3 is 2.10 bits per heavy atom. The van der Waals surface area contributed by atoms with Crippen molar-refractivity contribution < 1.29 is 0 Å². The Bertz CT molecular complexity index is 330. The van der Waals surface area contributed by atoms with Gasteiger partial charge in [0.1, 0.15) is 0 Å². The summed E-state index contributed by atoms with van der Waals surface area (Å²) in [4.78, 5) is 8.11. The Balaban J connectivity index is 1.34. The lowest BCUT2D eigenvalue weighted by Crippen LogP contribution is -2.73. The largest absolute Gasteiger partial charge is 0.302 e. The zero-order valence-corrected chi connectivity index (χ0v) is 14.6. The van der Waals surface area contributed by atoms with Crippen molar-refractivity contribution in [2.24, 2.45) is 11.3 Å². The Labute approximate surface area is 131 Å². The zero-order chi connectivity index (χ0) is 15.0. The van der Waals surface area contributed by atoms with Gasteiger partial charge >= 0.3 is 0 Å².